The Labute approximate surface area is 127 Å². The highest BCUT2D eigenvalue weighted by Gasteiger charge is 2.34. The summed E-state index contributed by atoms with van der Waals surface area (Å²) < 4.78 is 0. The Balaban J connectivity index is 0.00000180. The van der Waals surface area contributed by atoms with Crippen molar-refractivity contribution in [2.24, 2.45) is 21.5 Å². The van der Waals surface area contributed by atoms with Gasteiger partial charge in [0.25, 0.3) is 0 Å². The summed E-state index contributed by atoms with van der Waals surface area (Å²) in [5, 5.41) is 0.848. The van der Waals surface area contributed by atoms with Gasteiger partial charge in [-0.05, 0) is 26.0 Å². The van der Waals surface area contributed by atoms with Gasteiger partial charge in [0.15, 0.2) is 0 Å². The van der Waals surface area contributed by atoms with Crippen LogP contribution < -0.4 is 16.4 Å². The topological polar surface area (TPSA) is 80.0 Å². The molecular weight excluding hydrogens is 309 g/mol. The van der Waals surface area contributed by atoms with Gasteiger partial charge in [-0.25, -0.2) is 4.99 Å². The minimum Gasteiger partial charge on any atom is -0.369 e. The molecule has 2 rings (SSSR count). The summed E-state index contributed by atoms with van der Waals surface area (Å²) in [7, 11) is 0. The highest BCUT2D eigenvalue weighted by molar-refractivity contribution is 6.44. The highest BCUT2D eigenvalue weighted by atomic mass is 35.5. The molecule has 104 valence electrons. The molecule has 0 amide bonds. The van der Waals surface area contributed by atoms with Crippen LogP contribution in [0.1, 0.15) is 13.8 Å². The van der Waals surface area contributed by atoms with Crippen LogP contribution in [0.4, 0.5) is 5.69 Å². The van der Waals surface area contributed by atoms with Gasteiger partial charge in [-0.1, -0.05) is 29.3 Å². The molecule has 1 heterocycles. The van der Waals surface area contributed by atoms with E-state index in [1.54, 1.807) is 23.1 Å². The SMILES string of the molecule is CC1(C)N=C(N)N=C(N)N1c1cccc(Cl)c1Cl.Cl. The lowest BCUT2D eigenvalue weighted by Gasteiger charge is -2.38. The van der Waals surface area contributed by atoms with Crippen molar-refractivity contribution in [3.63, 3.8) is 0 Å². The van der Waals surface area contributed by atoms with Gasteiger partial charge in [0.05, 0.1) is 15.7 Å². The van der Waals surface area contributed by atoms with Crippen molar-refractivity contribution in [3.05, 3.63) is 28.2 Å². The van der Waals surface area contributed by atoms with Gasteiger partial charge < -0.3 is 11.5 Å². The molecule has 0 atom stereocenters. The maximum Gasteiger partial charge on any atom is 0.220 e. The number of aliphatic imine (C=N–C) groups is 2. The first-order chi connectivity index (χ1) is 8.33. The molecule has 0 aromatic heterocycles. The van der Waals surface area contributed by atoms with E-state index in [-0.39, 0.29) is 24.3 Å². The van der Waals surface area contributed by atoms with Crippen LogP contribution in [0.3, 0.4) is 0 Å². The summed E-state index contributed by atoms with van der Waals surface area (Å²) in [6.07, 6.45) is 0. The van der Waals surface area contributed by atoms with Crippen LogP contribution in [0.2, 0.25) is 10.0 Å². The maximum atomic E-state index is 6.19. The molecule has 8 heteroatoms. The van der Waals surface area contributed by atoms with Gasteiger partial charge in [-0.3, -0.25) is 4.90 Å². The molecule has 0 fully saturated rings. The van der Waals surface area contributed by atoms with Gasteiger partial charge in [0.2, 0.25) is 11.9 Å². The highest BCUT2D eigenvalue weighted by Crippen LogP contribution is 2.36. The van der Waals surface area contributed by atoms with E-state index >= 15 is 0 Å². The second-order valence-electron chi connectivity index (χ2n) is 4.34. The molecule has 0 unspecified atom stereocenters. The van der Waals surface area contributed by atoms with Gasteiger partial charge >= 0.3 is 0 Å². The number of halogens is 3. The third-order valence-corrected chi connectivity index (χ3v) is 3.37. The molecule has 19 heavy (non-hydrogen) atoms. The number of nitrogens with zero attached hydrogens (tertiary/aromatic N) is 3. The second kappa shape index (κ2) is 5.45. The molecule has 1 aliphatic rings. The lowest BCUT2D eigenvalue weighted by molar-refractivity contribution is 0.534. The fourth-order valence-electron chi connectivity index (χ4n) is 1.89. The van der Waals surface area contributed by atoms with E-state index in [0.717, 1.165) is 0 Å². The number of rotatable bonds is 1. The number of anilines is 1. The number of hydrogen-bond acceptors (Lipinski definition) is 5. The molecule has 0 radical (unpaired) electrons. The largest absolute Gasteiger partial charge is 0.369 e. The normalized spacial score (nSPS) is 17.4. The van der Waals surface area contributed by atoms with Crippen molar-refractivity contribution in [2.45, 2.75) is 19.5 Å². The van der Waals surface area contributed by atoms with Gasteiger partial charge in [0.1, 0.15) is 5.66 Å². The van der Waals surface area contributed by atoms with E-state index in [4.69, 9.17) is 34.7 Å². The van der Waals surface area contributed by atoms with Crippen LogP contribution in [0.5, 0.6) is 0 Å². The summed E-state index contributed by atoms with van der Waals surface area (Å²) in [6, 6.07) is 5.29. The van der Waals surface area contributed by atoms with E-state index in [1.807, 2.05) is 13.8 Å². The van der Waals surface area contributed by atoms with E-state index in [0.29, 0.717) is 15.7 Å². The molecule has 0 spiro atoms. The number of hydrogen-bond donors (Lipinski definition) is 2. The molecule has 1 aromatic carbocycles. The van der Waals surface area contributed by atoms with Crippen LogP contribution >= 0.6 is 35.6 Å². The maximum absolute atomic E-state index is 6.19. The zero-order valence-corrected chi connectivity index (χ0v) is 12.7. The zero-order valence-electron chi connectivity index (χ0n) is 10.4. The number of nitrogens with two attached hydrogens (primary N) is 2. The van der Waals surface area contributed by atoms with Crippen molar-refractivity contribution < 1.29 is 0 Å². The Hall–Kier alpha value is -1.17. The Kier molecular flexibility index (Phi) is 4.55. The number of guanidine groups is 2. The van der Waals surface area contributed by atoms with Crippen LogP contribution in [0, 0.1) is 0 Å². The molecular formula is C11H14Cl3N5. The molecule has 0 saturated heterocycles. The van der Waals surface area contributed by atoms with Gasteiger partial charge in [-0.2, -0.15) is 4.99 Å². The monoisotopic (exact) mass is 321 g/mol. The van der Waals surface area contributed by atoms with E-state index in [1.165, 1.54) is 0 Å². The average Bonchev–Trinajstić information content (AvgIpc) is 2.21. The van der Waals surface area contributed by atoms with Crippen LogP contribution in [-0.2, 0) is 0 Å². The lowest BCUT2D eigenvalue weighted by Crippen LogP contribution is -2.54. The minimum atomic E-state index is -0.676. The lowest BCUT2D eigenvalue weighted by atomic mass is 10.1. The van der Waals surface area contributed by atoms with Crippen LogP contribution in [0.15, 0.2) is 28.2 Å². The summed E-state index contributed by atoms with van der Waals surface area (Å²) in [4.78, 5) is 9.89. The molecule has 0 aliphatic carbocycles. The van der Waals surface area contributed by atoms with Crippen LogP contribution in [-0.4, -0.2) is 17.6 Å². The predicted octanol–water partition coefficient (Wildman–Crippen LogP) is 2.60. The Morgan fingerprint density at radius 1 is 1.21 bits per heavy atom. The first-order valence-electron chi connectivity index (χ1n) is 5.26. The summed E-state index contributed by atoms with van der Waals surface area (Å²) in [5.41, 5.74) is 11.5. The van der Waals surface area contributed by atoms with Crippen molar-refractivity contribution in [1.29, 1.82) is 0 Å². The molecule has 1 aliphatic heterocycles. The van der Waals surface area contributed by atoms with E-state index in [2.05, 4.69) is 9.98 Å². The van der Waals surface area contributed by atoms with Crippen LogP contribution in [0.25, 0.3) is 0 Å². The second-order valence-corrected chi connectivity index (χ2v) is 5.13. The molecule has 5 nitrogen and oxygen atoms in total. The zero-order chi connectivity index (χ0) is 13.5. The quantitative estimate of drug-likeness (QED) is 0.834. The van der Waals surface area contributed by atoms with E-state index in [9.17, 15) is 0 Å². The van der Waals surface area contributed by atoms with Gasteiger partial charge in [0, 0.05) is 0 Å². The standard InChI is InChI=1S/C11H13Cl2N5.ClH/c1-11(2)17-9(14)16-10(15)18(11)7-5-3-4-6(12)8(7)13;/h3-5H,1-2H3,(H4,14,15,16,17);1H. The summed E-state index contributed by atoms with van der Waals surface area (Å²) >= 11 is 12.2. The molecule has 0 bridgehead atoms. The Bertz CT molecular complexity index is 553. The first-order valence-corrected chi connectivity index (χ1v) is 6.02. The fraction of sp³-hybridized carbons (Fsp3) is 0.273. The Morgan fingerprint density at radius 3 is 2.42 bits per heavy atom. The smallest absolute Gasteiger partial charge is 0.220 e. The molecule has 0 saturated carbocycles. The number of benzene rings is 1. The minimum absolute atomic E-state index is 0. The average molecular weight is 323 g/mol. The van der Waals surface area contributed by atoms with Gasteiger partial charge in [-0.15, -0.1) is 12.4 Å². The first kappa shape index (κ1) is 15.9. The van der Waals surface area contributed by atoms with Crippen molar-refractivity contribution >= 4 is 53.2 Å². The Morgan fingerprint density at radius 2 is 1.84 bits per heavy atom. The predicted molar refractivity (Wildman–Crippen MR) is 83.5 cm³/mol. The molecule has 1 aromatic rings. The third-order valence-electron chi connectivity index (χ3n) is 2.57. The van der Waals surface area contributed by atoms with E-state index < -0.39 is 5.66 Å². The van der Waals surface area contributed by atoms with Crippen molar-refractivity contribution in [2.75, 3.05) is 4.90 Å². The molecule has 4 N–H and O–H groups in total. The fourth-order valence-corrected chi connectivity index (χ4v) is 2.27. The van der Waals surface area contributed by atoms with Crippen molar-refractivity contribution in [3.8, 4) is 0 Å². The van der Waals surface area contributed by atoms with Crippen molar-refractivity contribution in [1.82, 2.24) is 0 Å². The summed E-state index contributed by atoms with van der Waals surface area (Å²) in [6.45, 7) is 3.72. The third kappa shape index (κ3) is 2.88. The summed E-state index contributed by atoms with van der Waals surface area (Å²) in [5.74, 6) is 0.378.